The van der Waals surface area contributed by atoms with Gasteiger partial charge in [-0.3, -0.25) is 4.79 Å². The number of carbonyl (C=O) groups is 1. The molecule has 92 valence electrons. The van der Waals surface area contributed by atoms with Crippen molar-refractivity contribution in [2.24, 2.45) is 0 Å². The Balaban J connectivity index is 2.44. The summed E-state index contributed by atoms with van der Waals surface area (Å²) in [5, 5.41) is 0. The van der Waals surface area contributed by atoms with Crippen LogP contribution in [0.5, 0.6) is 0 Å². The summed E-state index contributed by atoms with van der Waals surface area (Å²) in [5.41, 5.74) is 1.85. The Hall–Kier alpha value is -2.01. The average Bonchev–Trinajstić information content (AvgIpc) is 2.61. The molecule has 0 radical (unpaired) electrons. The molecule has 18 heavy (non-hydrogen) atoms. The molecule has 0 N–H and O–H groups in total. The van der Waals surface area contributed by atoms with Crippen molar-refractivity contribution < 1.29 is 9.53 Å². The lowest BCUT2D eigenvalue weighted by atomic mass is 10.0. The van der Waals surface area contributed by atoms with Crippen LogP contribution < -0.4 is 0 Å². The molecule has 0 aliphatic carbocycles. The van der Waals surface area contributed by atoms with Gasteiger partial charge in [0.15, 0.2) is 0 Å². The number of hydrogen-bond acceptors (Lipinski definition) is 2. The smallest absolute Gasteiger partial charge is 0.310 e. The molecule has 2 nitrogen and oxygen atoms in total. The summed E-state index contributed by atoms with van der Waals surface area (Å²) in [6.45, 7) is 1.79. The molecule has 1 aliphatic heterocycles. The predicted octanol–water partition coefficient (Wildman–Crippen LogP) is 3.54. The number of ether oxygens (including phenoxy) is 1. The SMILES string of the molecule is CC#C/C(=C1/CCCCC(=O)O1)c1ccccc1. The third-order valence-corrected chi connectivity index (χ3v) is 2.86. The quantitative estimate of drug-likeness (QED) is 0.554. The molecule has 0 amide bonds. The van der Waals surface area contributed by atoms with Gasteiger partial charge in [0.1, 0.15) is 5.76 Å². The van der Waals surface area contributed by atoms with Gasteiger partial charge in [0.2, 0.25) is 0 Å². The number of cyclic esters (lactones) is 1. The Morgan fingerprint density at radius 3 is 2.61 bits per heavy atom. The normalized spacial score (nSPS) is 18.2. The zero-order valence-corrected chi connectivity index (χ0v) is 10.5. The summed E-state index contributed by atoms with van der Waals surface area (Å²) in [5.74, 6) is 6.54. The molecule has 1 aromatic carbocycles. The number of carbonyl (C=O) groups excluding carboxylic acids is 1. The first-order valence-electron chi connectivity index (χ1n) is 6.23. The van der Waals surface area contributed by atoms with Crippen LogP contribution in [0.1, 0.15) is 38.2 Å². The first-order chi connectivity index (χ1) is 8.81. The lowest BCUT2D eigenvalue weighted by molar-refractivity contribution is -0.138. The molecule has 1 aliphatic rings. The van der Waals surface area contributed by atoms with E-state index in [0.717, 1.165) is 36.2 Å². The number of allylic oxidation sites excluding steroid dienone is 2. The molecule has 1 aromatic rings. The average molecular weight is 240 g/mol. The largest absolute Gasteiger partial charge is 0.430 e. The molecule has 0 unspecified atom stereocenters. The monoisotopic (exact) mass is 240 g/mol. The minimum Gasteiger partial charge on any atom is -0.430 e. The van der Waals surface area contributed by atoms with E-state index in [1.54, 1.807) is 6.92 Å². The molecule has 2 rings (SSSR count). The third-order valence-electron chi connectivity index (χ3n) is 2.86. The highest BCUT2D eigenvalue weighted by Gasteiger charge is 2.16. The van der Waals surface area contributed by atoms with Crippen molar-refractivity contribution in [2.75, 3.05) is 0 Å². The summed E-state index contributed by atoms with van der Waals surface area (Å²) < 4.78 is 5.42. The molecule has 0 bridgehead atoms. The van der Waals surface area contributed by atoms with Crippen molar-refractivity contribution in [1.29, 1.82) is 0 Å². The van der Waals surface area contributed by atoms with Gasteiger partial charge in [-0.15, -0.1) is 5.92 Å². The summed E-state index contributed by atoms with van der Waals surface area (Å²) in [4.78, 5) is 11.5. The van der Waals surface area contributed by atoms with Gasteiger partial charge in [0.05, 0.1) is 5.57 Å². The molecule has 1 heterocycles. The van der Waals surface area contributed by atoms with Gasteiger partial charge in [-0.1, -0.05) is 36.3 Å². The predicted molar refractivity (Wildman–Crippen MR) is 71.4 cm³/mol. The van der Waals surface area contributed by atoms with Crippen molar-refractivity contribution in [2.45, 2.75) is 32.6 Å². The van der Waals surface area contributed by atoms with Gasteiger partial charge in [0, 0.05) is 12.8 Å². The van der Waals surface area contributed by atoms with Crippen molar-refractivity contribution in [3.63, 3.8) is 0 Å². The summed E-state index contributed by atoms with van der Waals surface area (Å²) >= 11 is 0. The number of hydrogen-bond donors (Lipinski definition) is 0. The molecular weight excluding hydrogens is 224 g/mol. The van der Waals surface area contributed by atoms with E-state index >= 15 is 0 Å². The number of rotatable bonds is 1. The van der Waals surface area contributed by atoms with Crippen LogP contribution in [0.4, 0.5) is 0 Å². The highest BCUT2D eigenvalue weighted by atomic mass is 16.5. The van der Waals surface area contributed by atoms with Crippen LogP contribution in [0.25, 0.3) is 5.57 Å². The summed E-state index contributed by atoms with van der Waals surface area (Å²) in [7, 11) is 0. The molecule has 0 atom stereocenters. The van der Waals surface area contributed by atoms with Crippen LogP contribution in [-0.2, 0) is 9.53 Å². The lowest BCUT2D eigenvalue weighted by Crippen LogP contribution is -2.02. The molecular formula is C16H16O2. The van der Waals surface area contributed by atoms with E-state index in [0.29, 0.717) is 6.42 Å². The minimum atomic E-state index is -0.145. The maximum atomic E-state index is 11.5. The molecule has 0 aromatic heterocycles. The lowest BCUT2D eigenvalue weighted by Gasteiger charge is -2.09. The Labute approximate surface area is 108 Å². The maximum Gasteiger partial charge on any atom is 0.310 e. The van der Waals surface area contributed by atoms with Crippen LogP contribution in [0.15, 0.2) is 36.1 Å². The fourth-order valence-electron chi connectivity index (χ4n) is 2.00. The van der Waals surface area contributed by atoms with E-state index < -0.39 is 0 Å². The van der Waals surface area contributed by atoms with E-state index in [4.69, 9.17) is 4.74 Å². The first kappa shape index (κ1) is 12.4. The van der Waals surface area contributed by atoms with Crippen molar-refractivity contribution in [3.8, 4) is 11.8 Å². The fraction of sp³-hybridized carbons (Fsp3) is 0.312. The van der Waals surface area contributed by atoms with E-state index in [1.807, 2.05) is 30.3 Å². The van der Waals surface area contributed by atoms with E-state index in [1.165, 1.54) is 0 Å². The van der Waals surface area contributed by atoms with Crippen LogP contribution >= 0.6 is 0 Å². The Kier molecular flexibility index (Phi) is 4.20. The van der Waals surface area contributed by atoms with E-state index in [-0.39, 0.29) is 5.97 Å². The second-order valence-electron chi connectivity index (χ2n) is 4.22. The van der Waals surface area contributed by atoms with Gasteiger partial charge in [-0.05, 0) is 25.3 Å². The van der Waals surface area contributed by atoms with Crippen LogP contribution in [-0.4, -0.2) is 5.97 Å². The Morgan fingerprint density at radius 2 is 1.89 bits per heavy atom. The molecule has 0 spiro atoms. The van der Waals surface area contributed by atoms with Gasteiger partial charge in [-0.25, -0.2) is 0 Å². The van der Waals surface area contributed by atoms with Crippen LogP contribution in [0, 0.1) is 11.8 Å². The number of esters is 1. The van der Waals surface area contributed by atoms with Gasteiger partial charge in [0.25, 0.3) is 0 Å². The van der Waals surface area contributed by atoms with Crippen molar-refractivity contribution in [3.05, 3.63) is 41.7 Å². The van der Waals surface area contributed by atoms with Gasteiger partial charge < -0.3 is 4.74 Å². The highest BCUT2D eigenvalue weighted by molar-refractivity contribution is 5.82. The minimum absolute atomic E-state index is 0.145. The van der Waals surface area contributed by atoms with Crippen LogP contribution in [0.3, 0.4) is 0 Å². The first-order valence-corrected chi connectivity index (χ1v) is 6.23. The highest BCUT2D eigenvalue weighted by Crippen LogP contribution is 2.26. The van der Waals surface area contributed by atoms with Gasteiger partial charge >= 0.3 is 5.97 Å². The second-order valence-corrected chi connectivity index (χ2v) is 4.22. The zero-order chi connectivity index (χ0) is 12.8. The molecule has 1 fully saturated rings. The Bertz CT molecular complexity index is 515. The second kappa shape index (κ2) is 6.07. The zero-order valence-electron chi connectivity index (χ0n) is 10.5. The molecule has 2 heteroatoms. The summed E-state index contributed by atoms with van der Waals surface area (Å²) in [6, 6.07) is 9.87. The van der Waals surface area contributed by atoms with Crippen LogP contribution in [0.2, 0.25) is 0 Å². The third kappa shape index (κ3) is 3.01. The summed E-state index contributed by atoms with van der Waals surface area (Å²) in [6.07, 6.45) is 3.16. The maximum absolute atomic E-state index is 11.5. The number of benzene rings is 1. The van der Waals surface area contributed by atoms with Crippen molar-refractivity contribution in [1.82, 2.24) is 0 Å². The molecule has 1 saturated heterocycles. The Morgan fingerprint density at radius 1 is 1.17 bits per heavy atom. The van der Waals surface area contributed by atoms with E-state index in [2.05, 4.69) is 11.8 Å². The van der Waals surface area contributed by atoms with Gasteiger partial charge in [-0.2, -0.15) is 0 Å². The standard InChI is InChI=1S/C16H16O2/c1-2-8-14(13-9-4-3-5-10-13)15-11-6-7-12-16(17)18-15/h3-5,9-10H,6-7,11-12H2,1H3/b15-14+. The topological polar surface area (TPSA) is 26.3 Å². The molecule has 0 saturated carbocycles. The van der Waals surface area contributed by atoms with Crippen molar-refractivity contribution >= 4 is 11.5 Å². The van der Waals surface area contributed by atoms with E-state index in [9.17, 15) is 4.79 Å². The fourth-order valence-corrected chi connectivity index (χ4v) is 2.00.